The van der Waals surface area contributed by atoms with E-state index in [2.05, 4.69) is 23.1 Å². The van der Waals surface area contributed by atoms with Crippen molar-refractivity contribution in [1.82, 2.24) is 14.6 Å². The predicted molar refractivity (Wildman–Crippen MR) is 218 cm³/mol. The number of nitrogen functional groups attached to an aromatic ring is 1. The van der Waals surface area contributed by atoms with Gasteiger partial charge in [0, 0.05) is 12.2 Å². The van der Waals surface area contributed by atoms with Crippen LogP contribution in [0.2, 0.25) is 0 Å². The number of nitrogens with zero attached hydrogens (tertiary/aromatic N) is 5. The molecule has 17 heteroatoms. The van der Waals surface area contributed by atoms with Crippen LogP contribution >= 0.6 is 7.82 Å². The highest BCUT2D eigenvalue weighted by Gasteiger charge is 2.90. The van der Waals surface area contributed by atoms with Gasteiger partial charge >= 0.3 is 7.82 Å². The van der Waals surface area contributed by atoms with Crippen LogP contribution in [0.4, 0.5) is 5.82 Å². The van der Waals surface area contributed by atoms with Gasteiger partial charge in [0.25, 0.3) is 0 Å². The third-order valence-corrected chi connectivity index (χ3v) is 12.3. The lowest BCUT2D eigenvalue weighted by Crippen LogP contribution is -2.35. The summed E-state index contributed by atoms with van der Waals surface area (Å²) in [6.07, 6.45) is 15.8. The second-order valence-electron chi connectivity index (χ2n) is 15.6. The highest BCUT2D eigenvalue weighted by atomic mass is 31.2. The molecule has 5 N–H and O–H groups in total. The van der Waals surface area contributed by atoms with E-state index in [1.54, 1.807) is 30.3 Å². The van der Waals surface area contributed by atoms with Crippen LogP contribution < -0.4 is 10.5 Å². The number of phosphoric ester groups is 1. The summed E-state index contributed by atoms with van der Waals surface area (Å²) in [5, 5.41) is 46.1. The molecule has 0 amide bonds. The highest BCUT2D eigenvalue weighted by molar-refractivity contribution is 7.47. The van der Waals surface area contributed by atoms with Gasteiger partial charge in [0.1, 0.15) is 42.0 Å². The Kier molecular flexibility index (Phi) is 17.5. The number of ether oxygens (including phenoxy) is 4. The highest BCUT2D eigenvalue weighted by Crippen LogP contribution is 2.68. The van der Waals surface area contributed by atoms with E-state index in [4.69, 9.17) is 33.7 Å². The molecule has 2 aromatic heterocycles. The van der Waals surface area contributed by atoms with Crippen molar-refractivity contribution < 1.29 is 47.7 Å². The molecule has 324 valence electrons. The molecule has 3 heterocycles. The Morgan fingerprint density at radius 1 is 0.966 bits per heavy atom. The Balaban J connectivity index is 1.07. The lowest BCUT2D eigenvalue weighted by molar-refractivity contribution is -0.0795. The Labute approximate surface area is 347 Å². The number of aromatic nitrogens is 3. The van der Waals surface area contributed by atoms with E-state index in [1.807, 2.05) is 6.07 Å². The summed E-state index contributed by atoms with van der Waals surface area (Å²) in [6, 6.07) is 11.9. The van der Waals surface area contributed by atoms with Crippen LogP contribution in [0, 0.1) is 22.7 Å². The van der Waals surface area contributed by atoms with Gasteiger partial charge in [-0.1, -0.05) is 109 Å². The average molecular weight is 841 g/mol. The van der Waals surface area contributed by atoms with E-state index in [0.29, 0.717) is 29.0 Å². The van der Waals surface area contributed by atoms with Gasteiger partial charge in [-0.2, -0.15) is 15.6 Å². The van der Waals surface area contributed by atoms with Gasteiger partial charge in [0.15, 0.2) is 17.5 Å². The number of aliphatic hydroxyl groups excluding tert-OH is 1. The maximum atomic E-state index is 13.3. The van der Waals surface area contributed by atoms with Gasteiger partial charge in [0.05, 0.1) is 44.3 Å². The van der Waals surface area contributed by atoms with Crippen molar-refractivity contribution in [2.45, 2.75) is 152 Å². The number of unbranched alkanes of at least 4 members (excludes halogenated alkanes) is 15. The maximum Gasteiger partial charge on any atom is 0.472 e. The van der Waals surface area contributed by atoms with Crippen molar-refractivity contribution in [3.63, 3.8) is 0 Å². The van der Waals surface area contributed by atoms with Crippen molar-refractivity contribution in [3.05, 3.63) is 53.5 Å². The Morgan fingerprint density at radius 3 is 2.20 bits per heavy atom. The van der Waals surface area contributed by atoms with Crippen LogP contribution in [0.3, 0.4) is 0 Å². The fraction of sp³-hybridized carbons (Fsp3) is 0.667. The van der Waals surface area contributed by atoms with Gasteiger partial charge < -0.3 is 39.8 Å². The zero-order chi connectivity index (χ0) is 42.3. The topological polar surface area (TPSA) is 237 Å². The predicted octanol–water partition coefficient (Wildman–Crippen LogP) is 7.00. The number of anilines is 1. The molecule has 0 spiro atoms. The minimum Gasteiger partial charge on any atom is -0.496 e. The lowest BCUT2D eigenvalue weighted by Gasteiger charge is -2.24. The fourth-order valence-corrected chi connectivity index (χ4v) is 8.77. The summed E-state index contributed by atoms with van der Waals surface area (Å²) in [5.41, 5.74) is 3.11. The zero-order valence-corrected chi connectivity index (χ0v) is 35.3. The number of hydrogen-bond acceptors (Lipinski definition) is 14. The first-order chi connectivity index (χ1) is 28.5. The van der Waals surface area contributed by atoms with Crippen LogP contribution in [-0.2, 0) is 34.4 Å². The number of phosphoric acid groups is 1. The first kappa shape index (κ1) is 46.4. The van der Waals surface area contributed by atoms with Gasteiger partial charge in [0.2, 0.25) is 5.60 Å². The molecule has 0 bridgehead atoms. The molecule has 1 saturated heterocycles. The van der Waals surface area contributed by atoms with Crippen molar-refractivity contribution in [2.75, 3.05) is 32.7 Å². The molecule has 59 heavy (non-hydrogen) atoms. The number of benzene rings is 1. The van der Waals surface area contributed by atoms with Gasteiger partial charge in [-0.3, -0.25) is 9.05 Å². The number of fused-ring (bicyclic) bond motifs is 2. The summed E-state index contributed by atoms with van der Waals surface area (Å²) in [5.74, 6) is 0.603. The Bertz CT molecular complexity index is 1920. The minimum atomic E-state index is -4.99. The minimum absolute atomic E-state index is 0.00817. The van der Waals surface area contributed by atoms with Gasteiger partial charge in [-0.15, -0.1) is 0 Å². The van der Waals surface area contributed by atoms with E-state index in [1.165, 1.54) is 101 Å². The second kappa shape index (κ2) is 22.3. The summed E-state index contributed by atoms with van der Waals surface area (Å²) in [6.45, 7) is 2.28. The molecule has 2 aliphatic rings. The normalized spacial score (nSPS) is 23.7. The van der Waals surface area contributed by atoms with Gasteiger partial charge in [-0.05, 0) is 30.7 Å². The summed E-state index contributed by atoms with van der Waals surface area (Å²) in [4.78, 5) is 14.7. The monoisotopic (exact) mass is 840 g/mol. The molecule has 0 radical (unpaired) electrons. The molecule has 7 atom stereocenters. The average Bonchev–Trinajstić information content (AvgIpc) is 3.46. The first-order valence-electron chi connectivity index (χ1n) is 21.0. The van der Waals surface area contributed by atoms with Crippen LogP contribution in [0.5, 0.6) is 5.75 Å². The molecular weight excluding hydrogens is 779 g/mol. The number of nitriles is 2. The first-order valence-corrected chi connectivity index (χ1v) is 22.5. The van der Waals surface area contributed by atoms with E-state index in [9.17, 15) is 30.2 Å². The number of rotatable bonds is 29. The number of nitrogens with two attached hydrogens (primary N) is 1. The summed E-state index contributed by atoms with van der Waals surface area (Å²) >= 11 is 0. The quantitative estimate of drug-likeness (QED) is 0.0407. The second-order valence-corrected chi connectivity index (χ2v) is 17.0. The molecule has 2 fully saturated rings. The van der Waals surface area contributed by atoms with Crippen LogP contribution in [0.15, 0.2) is 36.7 Å². The molecule has 1 aliphatic heterocycles. The van der Waals surface area contributed by atoms with Crippen LogP contribution in [0.1, 0.15) is 133 Å². The zero-order valence-electron chi connectivity index (χ0n) is 34.4. The standard InChI is InChI=1S/C42H61N6O10P/c1-3-4-5-6-7-8-9-10-11-12-13-14-15-16-17-18-23-54-27-33(55-26-32-20-19-31(25-43)24-36(32)53-2)28-56-59(51,52)58-40-41(29-44)42(40,50)38(49)37(57-41)34-21-22-35-39(45)46-30-47-48(34)35/h19-22,24,30,33,37-38,40,49-50H,3-18,23,26-28H2,1-2H3,(H,51,52)(H2,45,46,47)/t33-,37+,38+,40+,41-,42-/m1/s1. The number of aliphatic hydroxyl groups is 2. The molecule has 1 aromatic carbocycles. The Morgan fingerprint density at radius 2 is 1.61 bits per heavy atom. The lowest BCUT2D eigenvalue weighted by atomic mass is 10.0. The largest absolute Gasteiger partial charge is 0.496 e. The maximum absolute atomic E-state index is 13.3. The van der Waals surface area contributed by atoms with Crippen molar-refractivity contribution in [1.29, 1.82) is 10.5 Å². The molecule has 16 nitrogen and oxygen atoms in total. The number of hydrogen-bond donors (Lipinski definition) is 4. The van der Waals surface area contributed by atoms with Crippen molar-refractivity contribution in [2.24, 2.45) is 0 Å². The van der Waals surface area contributed by atoms with E-state index in [0.717, 1.165) is 19.3 Å². The van der Waals surface area contributed by atoms with E-state index in [-0.39, 0.29) is 24.7 Å². The fourth-order valence-electron chi connectivity index (χ4n) is 7.78. The van der Waals surface area contributed by atoms with Crippen LogP contribution in [-0.4, -0.2) is 86.1 Å². The molecule has 1 saturated carbocycles. The molecule has 1 aliphatic carbocycles. The molecule has 5 rings (SSSR count). The summed E-state index contributed by atoms with van der Waals surface area (Å²) < 4.78 is 48.5. The third-order valence-electron chi connectivity index (χ3n) is 11.3. The molecule has 1 unspecified atom stereocenters. The van der Waals surface area contributed by atoms with E-state index >= 15 is 0 Å². The third kappa shape index (κ3) is 11.6. The molecular formula is C42H61N6O10P. The van der Waals surface area contributed by atoms with E-state index < -0.39 is 50.0 Å². The van der Waals surface area contributed by atoms with Crippen molar-refractivity contribution in [3.8, 4) is 17.9 Å². The van der Waals surface area contributed by atoms with Crippen molar-refractivity contribution >= 4 is 19.2 Å². The molecule has 3 aromatic rings. The SMILES string of the molecule is CCCCCCCCCCCCCCCCCCOC[C@H](COP(=O)(O)O[C@@H]1[C@]2(O)[C@@H](O)[C@H](c3ccc4c(N)ncnn34)O[C@]12C#N)OCc1ccc(C#N)cc1OC. The smallest absolute Gasteiger partial charge is 0.472 e. The van der Waals surface area contributed by atoms with Gasteiger partial charge in [-0.25, -0.2) is 14.1 Å². The Hall–Kier alpha value is -3.67. The van der Waals surface area contributed by atoms with Crippen LogP contribution in [0.25, 0.3) is 5.52 Å². The number of methoxy groups -OCH3 is 1. The summed E-state index contributed by atoms with van der Waals surface area (Å²) in [7, 11) is -3.51.